The van der Waals surface area contributed by atoms with E-state index in [1.165, 1.54) is 6.07 Å². The molecule has 0 saturated heterocycles. The minimum atomic E-state index is -0.377. The molecule has 0 amide bonds. The van der Waals surface area contributed by atoms with E-state index in [2.05, 4.69) is 5.43 Å². The Morgan fingerprint density at radius 3 is 2.74 bits per heavy atom. The second-order valence-corrected chi connectivity index (χ2v) is 4.43. The molecule has 3 nitrogen and oxygen atoms in total. The Labute approximate surface area is 112 Å². The lowest BCUT2D eigenvalue weighted by Gasteiger charge is -2.12. The Morgan fingerprint density at radius 2 is 2.00 bits per heavy atom. The van der Waals surface area contributed by atoms with Crippen LogP contribution in [0.1, 0.15) is 19.8 Å². The summed E-state index contributed by atoms with van der Waals surface area (Å²) in [6.07, 6.45) is 7.27. The van der Waals surface area contributed by atoms with Crippen molar-refractivity contribution < 1.29 is 9.13 Å². The largest absolute Gasteiger partial charge is 0.454 e. The van der Waals surface area contributed by atoms with Crippen molar-refractivity contribution in [2.45, 2.75) is 19.8 Å². The van der Waals surface area contributed by atoms with E-state index in [9.17, 15) is 4.39 Å². The SMILES string of the molecule is C/C1=C/C(Oc2ccccc2F)=C\C=C(\NN)CC1. The predicted molar refractivity (Wildman–Crippen MR) is 73.5 cm³/mol. The molecule has 1 aromatic rings. The van der Waals surface area contributed by atoms with Crippen molar-refractivity contribution in [1.82, 2.24) is 5.43 Å². The number of nitrogens with one attached hydrogen (secondary N) is 1. The van der Waals surface area contributed by atoms with E-state index in [0.29, 0.717) is 5.76 Å². The second-order valence-electron chi connectivity index (χ2n) is 4.43. The number of nitrogens with two attached hydrogens (primary N) is 1. The Bertz CT molecular complexity index is 547. The fourth-order valence-electron chi connectivity index (χ4n) is 1.80. The van der Waals surface area contributed by atoms with Crippen molar-refractivity contribution >= 4 is 0 Å². The summed E-state index contributed by atoms with van der Waals surface area (Å²) in [4.78, 5) is 0. The van der Waals surface area contributed by atoms with Gasteiger partial charge in [0.1, 0.15) is 5.76 Å². The molecule has 3 N–H and O–H groups in total. The summed E-state index contributed by atoms with van der Waals surface area (Å²) in [5.74, 6) is 5.86. The monoisotopic (exact) mass is 260 g/mol. The molecule has 2 rings (SSSR count). The van der Waals surface area contributed by atoms with Crippen LogP contribution in [0.25, 0.3) is 0 Å². The molecule has 0 saturated carbocycles. The Balaban J connectivity index is 2.26. The lowest BCUT2D eigenvalue weighted by Crippen LogP contribution is -2.21. The number of hydrogen-bond donors (Lipinski definition) is 2. The lowest BCUT2D eigenvalue weighted by atomic mass is 10.1. The van der Waals surface area contributed by atoms with E-state index < -0.39 is 0 Å². The molecule has 0 atom stereocenters. The maximum Gasteiger partial charge on any atom is 0.165 e. The quantitative estimate of drug-likeness (QED) is 0.648. The third-order valence-electron chi connectivity index (χ3n) is 2.88. The minimum absolute atomic E-state index is 0.217. The molecule has 1 aliphatic carbocycles. The molecule has 100 valence electrons. The van der Waals surface area contributed by atoms with Crippen LogP contribution in [-0.4, -0.2) is 0 Å². The van der Waals surface area contributed by atoms with Gasteiger partial charge in [0.25, 0.3) is 0 Å². The molecule has 0 radical (unpaired) electrons. The molecule has 0 spiro atoms. The van der Waals surface area contributed by atoms with E-state index in [0.717, 1.165) is 24.1 Å². The molecule has 0 bridgehead atoms. The number of hydrogen-bond acceptors (Lipinski definition) is 3. The molecule has 0 fully saturated rings. The van der Waals surface area contributed by atoms with Crippen LogP contribution >= 0.6 is 0 Å². The van der Waals surface area contributed by atoms with Crippen LogP contribution in [0.3, 0.4) is 0 Å². The van der Waals surface area contributed by atoms with Gasteiger partial charge >= 0.3 is 0 Å². The molecule has 1 aromatic carbocycles. The topological polar surface area (TPSA) is 47.3 Å². The first-order chi connectivity index (χ1) is 9.19. The van der Waals surface area contributed by atoms with Crippen LogP contribution in [0.4, 0.5) is 4.39 Å². The molecule has 0 unspecified atom stereocenters. The number of hydrazine groups is 1. The molecular weight excluding hydrogens is 243 g/mol. The predicted octanol–water partition coefficient (Wildman–Crippen LogP) is 3.18. The maximum absolute atomic E-state index is 13.5. The summed E-state index contributed by atoms with van der Waals surface area (Å²) in [5.41, 5.74) is 4.72. The summed E-state index contributed by atoms with van der Waals surface area (Å²) in [6, 6.07) is 6.34. The zero-order valence-corrected chi connectivity index (χ0v) is 10.8. The third kappa shape index (κ3) is 3.69. The Morgan fingerprint density at radius 1 is 1.21 bits per heavy atom. The van der Waals surface area contributed by atoms with Crippen LogP contribution in [0.15, 0.2) is 59.5 Å². The average molecular weight is 260 g/mol. The summed E-state index contributed by atoms with van der Waals surface area (Å²) >= 11 is 0. The summed E-state index contributed by atoms with van der Waals surface area (Å²) in [7, 11) is 0. The van der Waals surface area contributed by atoms with Crippen molar-refractivity contribution in [1.29, 1.82) is 0 Å². The fourth-order valence-corrected chi connectivity index (χ4v) is 1.80. The van der Waals surface area contributed by atoms with E-state index in [-0.39, 0.29) is 11.6 Å². The van der Waals surface area contributed by atoms with Crippen molar-refractivity contribution in [3.05, 3.63) is 65.3 Å². The first-order valence-electron chi connectivity index (χ1n) is 6.16. The van der Waals surface area contributed by atoms with Gasteiger partial charge in [0, 0.05) is 5.70 Å². The van der Waals surface area contributed by atoms with E-state index in [1.807, 2.05) is 19.1 Å². The smallest absolute Gasteiger partial charge is 0.165 e. The highest BCUT2D eigenvalue weighted by molar-refractivity contribution is 5.32. The van der Waals surface area contributed by atoms with E-state index in [1.54, 1.807) is 24.3 Å². The van der Waals surface area contributed by atoms with Gasteiger partial charge in [-0.3, -0.25) is 5.84 Å². The molecule has 4 heteroatoms. The van der Waals surface area contributed by atoms with Gasteiger partial charge in [-0.1, -0.05) is 17.7 Å². The van der Waals surface area contributed by atoms with E-state index >= 15 is 0 Å². The highest BCUT2D eigenvalue weighted by atomic mass is 19.1. The van der Waals surface area contributed by atoms with Crippen LogP contribution < -0.4 is 16.0 Å². The standard InChI is InChI=1S/C15H17FN2O/c1-11-6-7-12(18-17)8-9-13(10-11)19-15-5-3-2-4-14(15)16/h2-5,8-10,18H,6-7,17H2,1H3/b11-10-,12-8+,13-9+. The zero-order valence-electron chi connectivity index (χ0n) is 10.8. The number of benzene rings is 1. The highest BCUT2D eigenvalue weighted by Gasteiger charge is 2.06. The van der Waals surface area contributed by atoms with Crippen molar-refractivity contribution in [3.8, 4) is 5.75 Å². The Hall–Kier alpha value is -2.07. The number of para-hydroxylation sites is 1. The van der Waals surface area contributed by atoms with Crippen molar-refractivity contribution in [2.24, 2.45) is 5.84 Å². The lowest BCUT2D eigenvalue weighted by molar-refractivity contribution is 0.411. The molecule has 19 heavy (non-hydrogen) atoms. The molecule has 0 aliphatic heterocycles. The zero-order chi connectivity index (χ0) is 13.7. The van der Waals surface area contributed by atoms with Gasteiger partial charge in [-0.15, -0.1) is 0 Å². The molecule has 0 heterocycles. The number of rotatable bonds is 3. The average Bonchev–Trinajstić information content (AvgIpc) is 2.39. The minimum Gasteiger partial charge on any atom is -0.454 e. The first kappa shape index (κ1) is 13.4. The van der Waals surface area contributed by atoms with Gasteiger partial charge in [-0.25, -0.2) is 4.39 Å². The normalized spacial score (nSPS) is 23.8. The van der Waals surface area contributed by atoms with Crippen molar-refractivity contribution in [2.75, 3.05) is 0 Å². The third-order valence-corrected chi connectivity index (χ3v) is 2.88. The van der Waals surface area contributed by atoms with E-state index in [4.69, 9.17) is 10.6 Å². The van der Waals surface area contributed by atoms with Crippen LogP contribution in [0, 0.1) is 5.82 Å². The molecule has 1 aliphatic rings. The second kappa shape index (κ2) is 6.20. The molecule has 0 aromatic heterocycles. The maximum atomic E-state index is 13.5. The van der Waals surface area contributed by atoms with Crippen LogP contribution in [0.2, 0.25) is 0 Å². The highest BCUT2D eigenvalue weighted by Crippen LogP contribution is 2.22. The van der Waals surface area contributed by atoms with Gasteiger partial charge < -0.3 is 10.2 Å². The molecular formula is C15H17FN2O. The van der Waals surface area contributed by atoms with Gasteiger partial charge in [-0.2, -0.15) is 0 Å². The number of halogens is 1. The van der Waals surface area contributed by atoms with Crippen molar-refractivity contribution in [3.63, 3.8) is 0 Å². The Kier molecular flexibility index (Phi) is 4.36. The summed E-state index contributed by atoms with van der Waals surface area (Å²) < 4.78 is 19.1. The summed E-state index contributed by atoms with van der Waals surface area (Å²) in [5, 5.41) is 0. The van der Waals surface area contributed by atoms with Gasteiger partial charge in [0.15, 0.2) is 11.6 Å². The number of ether oxygens (including phenoxy) is 1. The van der Waals surface area contributed by atoms with Crippen LogP contribution in [-0.2, 0) is 0 Å². The first-order valence-corrected chi connectivity index (χ1v) is 6.16. The van der Waals surface area contributed by atoms with Gasteiger partial charge in [0.2, 0.25) is 0 Å². The van der Waals surface area contributed by atoms with Gasteiger partial charge in [-0.05, 0) is 50.1 Å². The fraction of sp³-hybridized carbons (Fsp3) is 0.200. The van der Waals surface area contributed by atoms with Gasteiger partial charge in [0.05, 0.1) is 0 Å². The van der Waals surface area contributed by atoms with Crippen LogP contribution in [0.5, 0.6) is 5.75 Å². The number of allylic oxidation sites excluding steroid dienone is 5. The summed E-state index contributed by atoms with van der Waals surface area (Å²) in [6.45, 7) is 2.01.